The maximum Gasteiger partial charge on any atom is 0.422 e. The van der Waals surface area contributed by atoms with Crippen molar-refractivity contribution in [2.45, 2.75) is 18.7 Å². The van der Waals surface area contributed by atoms with E-state index in [2.05, 4.69) is 15.0 Å². The van der Waals surface area contributed by atoms with Gasteiger partial charge in [-0.05, 0) is 18.2 Å². The molecule has 0 aliphatic rings. The molecule has 25 heavy (non-hydrogen) atoms. The minimum absolute atomic E-state index is 0. The molecule has 11 heteroatoms. The Kier molecular flexibility index (Phi) is 7.87. The fourth-order valence-corrected chi connectivity index (χ4v) is 2.76. The molecule has 0 fully saturated rings. The number of thiazole rings is 1. The Morgan fingerprint density at radius 3 is 2.76 bits per heavy atom. The SMILES string of the molecule is COC(CN)CC(=O)Nc1nc2ccc(OCC(F)(F)F)cc2s1.Cl. The number of amides is 1. The lowest BCUT2D eigenvalue weighted by molar-refractivity contribution is -0.153. The van der Waals surface area contributed by atoms with Gasteiger partial charge in [0.15, 0.2) is 11.7 Å². The summed E-state index contributed by atoms with van der Waals surface area (Å²) in [6.07, 6.45) is -4.70. The molecule has 1 aromatic heterocycles. The lowest BCUT2D eigenvalue weighted by Gasteiger charge is -2.11. The number of anilines is 1. The number of carbonyl (C=O) groups excluding carboxylic acids is 1. The fourth-order valence-electron chi connectivity index (χ4n) is 1.85. The Bertz CT molecular complexity index is 707. The quantitative estimate of drug-likeness (QED) is 0.747. The number of alkyl halides is 3. The molecule has 0 bridgehead atoms. The van der Waals surface area contributed by atoms with Crippen LogP contribution in [-0.4, -0.2) is 43.4 Å². The standard InChI is InChI=1S/C14H16F3N3O3S.ClH/c1-22-9(6-18)5-12(21)20-13-19-10-3-2-8(4-11(10)24-13)23-7-14(15,16)17;/h2-4,9H,5-7,18H2,1H3,(H,19,20,21);1H. The van der Waals surface area contributed by atoms with E-state index in [9.17, 15) is 18.0 Å². The Balaban J connectivity index is 0.00000312. The first-order chi connectivity index (χ1) is 11.3. The van der Waals surface area contributed by atoms with Crippen LogP contribution < -0.4 is 15.8 Å². The molecule has 140 valence electrons. The molecular weight excluding hydrogens is 383 g/mol. The maximum atomic E-state index is 12.2. The Labute approximate surface area is 151 Å². The zero-order valence-corrected chi connectivity index (χ0v) is 14.8. The van der Waals surface area contributed by atoms with Crippen LogP contribution in [0.1, 0.15) is 6.42 Å². The van der Waals surface area contributed by atoms with E-state index in [0.717, 1.165) is 11.3 Å². The zero-order valence-electron chi connectivity index (χ0n) is 13.1. The third-order valence-electron chi connectivity index (χ3n) is 3.02. The molecule has 2 rings (SSSR count). The number of nitrogens with zero attached hydrogens (tertiary/aromatic N) is 1. The number of aromatic nitrogens is 1. The van der Waals surface area contributed by atoms with Gasteiger partial charge in [0, 0.05) is 13.7 Å². The Morgan fingerprint density at radius 1 is 1.44 bits per heavy atom. The summed E-state index contributed by atoms with van der Waals surface area (Å²) in [5.41, 5.74) is 6.00. The average molecular weight is 400 g/mol. The molecular formula is C14H17ClF3N3O3S. The molecule has 0 radical (unpaired) electrons. The number of nitrogens with one attached hydrogen (secondary N) is 1. The van der Waals surface area contributed by atoms with Gasteiger partial charge >= 0.3 is 6.18 Å². The van der Waals surface area contributed by atoms with Gasteiger partial charge in [0.05, 0.1) is 22.7 Å². The van der Waals surface area contributed by atoms with E-state index in [1.807, 2.05) is 0 Å². The second-order valence-corrected chi connectivity index (χ2v) is 5.93. The van der Waals surface area contributed by atoms with Gasteiger partial charge < -0.3 is 20.5 Å². The summed E-state index contributed by atoms with van der Waals surface area (Å²) in [6.45, 7) is -1.15. The molecule has 6 nitrogen and oxygen atoms in total. The summed E-state index contributed by atoms with van der Waals surface area (Å²) >= 11 is 1.14. The minimum Gasteiger partial charge on any atom is -0.484 e. The lowest BCUT2D eigenvalue weighted by Crippen LogP contribution is -2.28. The van der Waals surface area contributed by atoms with Crippen LogP contribution in [0, 0.1) is 0 Å². The molecule has 1 amide bonds. The first-order valence-electron chi connectivity index (χ1n) is 6.93. The number of benzene rings is 1. The van der Waals surface area contributed by atoms with Gasteiger partial charge in [0.1, 0.15) is 5.75 Å². The van der Waals surface area contributed by atoms with Crippen LogP contribution in [0.25, 0.3) is 10.2 Å². The van der Waals surface area contributed by atoms with Crippen molar-refractivity contribution in [2.75, 3.05) is 25.6 Å². The molecule has 0 aliphatic carbocycles. The smallest absolute Gasteiger partial charge is 0.422 e. The molecule has 0 aliphatic heterocycles. The second-order valence-electron chi connectivity index (χ2n) is 4.90. The van der Waals surface area contributed by atoms with Crippen LogP contribution in [0.5, 0.6) is 5.75 Å². The van der Waals surface area contributed by atoms with Crippen molar-refractivity contribution in [1.29, 1.82) is 0 Å². The molecule has 1 aromatic carbocycles. The van der Waals surface area contributed by atoms with E-state index in [-0.39, 0.29) is 43.1 Å². The predicted octanol–water partition coefficient (Wildman–Crippen LogP) is 2.96. The molecule has 0 saturated heterocycles. The number of methoxy groups -OCH3 is 1. The van der Waals surface area contributed by atoms with Crippen LogP contribution in [0.4, 0.5) is 18.3 Å². The van der Waals surface area contributed by atoms with E-state index in [4.69, 9.17) is 10.5 Å². The van der Waals surface area contributed by atoms with E-state index < -0.39 is 12.8 Å². The van der Waals surface area contributed by atoms with Gasteiger partial charge in [0.2, 0.25) is 5.91 Å². The van der Waals surface area contributed by atoms with Gasteiger partial charge in [-0.1, -0.05) is 11.3 Å². The number of halogens is 4. The van der Waals surface area contributed by atoms with Crippen LogP contribution >= 0.6 is 23.7 Å². The summed E-state index contributed by atoms with van der Waals surface area (Å²) in [7, 11) is 1.46. The summed E-state index contributed by atoms with van der Waals surface area (Å²) in [4.78, 5) is 16.1. The highest BCUT2D eigenvalue weighted by molar-refractivity contribution is 7.22. The van der Waals surface area contributed by atoms with Crippen molar-refractivity contribution >= 4 is 45.0 Å². The van der Waals surface area contributed by atoms with E-state index in [1.54, 1.807) is 0 Å². The number of fused-ring (bicyclic) bond motifs is 1. The van der Waals surface area contributed by atoms with Crippen LogP contribution in [0.15, 0.2) is 18.2 Å². The molecule has 1 unspecified atom stereocenters. The Morgan fingerprint density at radius 2 is 2.16 bits per heavy atom. The average Bonchev–Trinajstić information content (AvgIpc) is 2.91. The number of ether oxygens (including phenoxy) is 2. The van der Waals surface area contributed by atoms with Crippen LogP contribution in [0.3, 0.4) is 0 Å². The summed E-state index contributed by atoms with van der Waals surface area (Å²) in [5.74, 6) is -0.219. The van der Waals surface area contributed by atoms with E-state index in [0.29, 0.717) is 15.3 Å². The molecule has 1 atom stereocenters. The number of hydrogen-bond donors (Lipinski definition) is 2. The van der Waals surface area contributed by atoms with Gasteiger partial charge in [-0.25, -0.2) is 4.98 Å². The minimum atomic E-state index is -4.40. The highest BCUT2D eigenvalue weighted by Crippen LogP contribution is 2.30. The number of hydrogen-bond acceptors (Lipinski definition) is 6. The van der Waals surface area contributed by atoms with Crippen molar-refractivity contribution in [3.63, 3.8) is 0 Å². The largest absolute Gasteiger partial charge is 0.484 e. The van der Waals surface area contributed by atoms with E-state index in [1.165, 1.54) is 25.3 Å². The first-order valence-corrected chi connectivity index (χ1v) is 7.75. The highest BCUT2D eigenvalue weighted by Gasteiger charge is 2.28. The molecule has 0 saturated carbocycles. The van der Waals surface area contributed by atoms with Gasteiger partial charge in [-0.3, -0.25) is 4.79 Å². The fraction of sp³-hybridized carbons (Fsp3) is 0.429. The number of carbonyl (C=O) groups is 1. The molecule has 2 aromatic rings. The number of nitrogens with two attached hydrogens (primary N) is 1. The van der Waals surface area contributed by atoms with Gasteiger partial charge in [-0.2, -0.15) is 13.2 Å². The van der Waals surface area contributed by atoms with Crippen molar-refractivity contribution in [1.82, 2.24) is 4.98 Å². The maximum absolute atomic E-state index is 12.2. The third-order valence-corrected chi connectivity index (χ3v) is 3.95. The highest BCUT2D eigenvalue weighted by atomic mass is 35.5. The third kappa shape index (κ3) is 6.65. The van der Waals surface area contributed by atoms with Crippen molar-refractivity contribution in [3.05, 3.63) is 18.2 Å². The Hall–Kier alpha value is -1.62. The first kappa shape index (κ1) is 21.4. The molecule has 3 N–H and O–H groups in total. The predicted molar refractivity (Wildman–Crippen MR) is 91.5 cm³/mol. The topological polar surface area (TPSA) is 86.5 Å². The molecule has 1 heterocycles. The monoisotopic (exact) mass is 399 g/mol. The van der Waals surface area contributed by atoms with Crippen molar-refractivity contribution < 1.29 is 27.4 Å². The van der Waals surface area contributed by atoms with Crippen molar-refractivity contribution in [2.24, 2.45) is 5.73 Å². The summed E-state index contributed by atoms with van der Waals surface area (Å²) in [6, 6.07) is 4.38. The van der Waals surface area contributed by atoms with Gasteiger partial charge in [-0.15, -0.1) is 12.4 Å². The second kappa shape index (κ2) is 9.18. The van der Waals surface area contributed by atoms with Gasteiger partial charge in [0.25, 0.3) is 0 Å². The summed E-state index contributed by atoms with van der Waals surface area (Å²) < 4.78 is 46.8. The van der Waals surface area contributed by atoms with Crippen molar-refractivity contribution in [3.8, 4) is 5.75 Å². The van der Waals surface area contributed by atoms with Crippen LogP contribution in [-0.2, 0) is 9.53 Å². The zero-order chi connectivity index (χ0) is 17.7. The summed E-state index contributed by atoms with van der Waals surface area (Å²) in [5, 5.41) is 2.96. The molecule has 0 spiro atoms. The number of rotatable bonds is 7. The normalized spacial score (nSPS) is 12.5. The van der Waals surface area contributed by atoms with E-state index >= 15 is 0 Å². The lowest BCUT2D eigenvalue weighted by atomic mass is 10.2. The van der Waals surface area contributed by atoms with Crippen LogP contribution in [0.2, 0.25) is 0 Å².